The molecular weight excluding hydrogens is 496 g/mol. The van der Waals surface area contributed by atoms with Crippen LogP contribution in [0.1, 0.15) is 83.5 Å². The van der Waals surface area contributed by atoms with Gasteiger partial charge in [0, 0.05) is 17.1 Å². The molecule has 37 heavy (non-hydrogen) atoms. The first-order chi connectivity index (χ1) is 17.4. The Morgan fingerprint density at radius 3 is 1.51 bits per heavy atom. The van der Waals surface area contributed by atoms with Crippen molar-refractivity contribution in [1.29, 1.82) is 0 Å². The molecule has 2 nitrogen and oxygen atoms in total. The summed E-state index contributed by atoms with van der Waals surface area (Å²) in [4.78, 5) is 24.2. The van der Waals surface area contributed by atoms with Gasteiger partial charge in [-0.05, 0) is 30.2 Å². The molecular formula is C34H38FeO2-6. The summed E-state index contributed by atoms with van der Waals surface area (Å²) in [5.74, 6) is 1.61. The SMILES string of the molecule is CCC(C)Cc1ccc(C(=O)[c-]2[cH-][cH-][cH-][cH-]2)cc1.CCC(C)Cc1ccc(C(=O)[c-]2cccc2)cc1.[Fe]. The monoisotopic (exact) mass is 534 g/mol. The van der Waals surface area contributed by atoms with E-state index in [0.29, 0.717) is 11.8 Å². The first-order valence-electron chi connectivity index (χ1n) is 13.1. The van der Waals surface area contributed by atoms with Gasteiger partial charge in [-0.2, -0.15) is 24.3 Å². The largest absolute Gasteiger partial charge is 0.644 e. The summed E-state index contributed by atoms with van der Waals surface area (Å²) in [5, 5.41) is 0. The molecule has 2 unspecified atom stereocenters. The Labute approximate surface area is 233 Å². The number of rotatable bonds is 10. The molecule has 0 aliphatic rings. The van der Waals surface area contributed by atoms with Crippen molar-refractivity contribution in [3.63, 3.8) is 0 Å². The van der Waals surface area contributed by atoms with Crippen molar-refractivity contribution in [1.82, 2.24) is 0 Å². The zero-order valence-electron chi connectivity index (χ0n) is 22.4. The molecule has 200 valence electrons. The van der Waals surface area contributed by atoms with E-state index >= 15 is 0 Å². The molecule has 0 amide bonds. The van der Waals surface area contributed by atoms with E-state index in [4.69, 9.17) is 0 Å². The second-order valence-corrected chi connectivity index (χ2v) is 9.83. The fraction of sp³-hybridized carbons (Fsp3) is 0.294. The van der Waals surface area contributed by atoms with Crippen molar-refractivity contribution in [3.8, 4) is 0 Å². The molecule has 4 rings (SSSR count). The van der Waals surface area contributed by atoms with Crippen molar-refractivity contribution in [2.24, 2.45) is 11.8 Å². The smallest absolute Gasteiger partial charge is 0.112 e. The molecule has 0 saturated heterocycles. The third kappa shape index (κ3) is 9.11. The van der Waals surface area contributed by atoms with E-state index in [-0.39, 0.29) is 28.6 Å². The van der Waals surface area contributed by atoms with Crippen LogP contribution in [0, 0.1) is 11.8 Å². The van der Waals surface area contributed by atoms with E-state index in [9.17, 15) is 9.59 Å². The van der Waals surface area contributed by atoms with Crippen LogP contribution in [0.5, 0.6) is 0 Å². The van der Waals surface area contributed by atoms with Crippen LogP contribution < -0.4 is 0 Å². The van der Waals surface area contributed by atoms with Gasteiger partial charge in [-0.25, -0.2) is 0 Å². The van der Waals surface area contributed by atoms with Gasteiger partial charge in [-0.1, -0.05) is 93.6 Å². The summed E-state index contributed by atoms with van der Waals surface area (Å²) in [6.45, 7) is 8.92. The third-order valence-electron chi connectivity index (χ3n) is 6.84. The van der Waals surface area contributed by atoms with Crippen molar-refractivity contribution in [2.45, 2.75) is 53.4 Å². The predicted molar refractivity (Wildman–Crippen MR) is 150 cm³/mol. The maximum atomic E-state index is 12.1. The van der Waals surface area contributed by atoms with Gasteiger partial charge in [0.05, 0.1) is 0 Å². The van der Waals surface area contributed by atoms with Gasteiger partial charge in [0.1, 0.15) is 5.78 Å². The second-order valence-electron chi connectivity index (χ2n) is 9.83. The molecule has 0 saturated carbocycles. The number of ketones is 2. The topological polar surface area (TPSA) is 34.1 Å². The van der Waals surface area contributed by atoms with Crippen LogP contribution >= 0.6 is 0 Å². The van der Waals surface area contributed by atoms with Crippen LogP contribution in [0.15, 0.2) is 97.1 Å². The van der Waals surface area contributed by atoms with E-state index in [1.54, 1.807) is 0 Å². The molecule has 0 aliphatic carbocycles. The van der Waals surface area contributed by atoms with Gasteiger partial charge in [0.25, 0.3) is 0 Å². The summed E-state index contributed by atoms with van der Waals surface area (Å²) in [6.07, 6.45) is 4.55. The molecule has 2 atom stereocenters. The third-order valence-corrected chi connectivity index (χ3v) is 6.84. The summed E-state index contributed by atoms with van der Waals surface area (Å²) in [7, 11) is 0. The quantitative estimate of drug-likeness (QED) is 0.116. The molecule has 4 aromatic rings. The molecule has 0 bridgehead atoms. The Morgan fingerprint density at radius 2 is 1.11 bits per heavy atom. The number of hydrogen-bond acceptors (Lipinski definition) is 2. The van der Waals surface area contributed by atoms with Crippen molar-refractivity contribution in [2.75, 3.05) is 0 Å². The molecule has 0 fully saturated rings. The molecule has 0 aliphatic heterocycles. The fourth-order valence-corrected chi connectivity index (χ4v) is 4.06. The number of hydrogen-bond donors (Lipinski definition) is 0. The second kappa shape index (κ2) is 15.3. The van der Waals surface area contributed by atoms with Crippen LogP contribution in [0.2, 0.25) is 0 Å². The van der Waals surface area contributed by atoms with Crippen molar-refractivity contribution >= 4 is 11.6 Å². The molecule has 3 heteroatoms. The Bertz CT molecular complexity index is 1090. The van der Waals surface area contributed by atoms with E-state index in [0.717, 1.165) is 35.1 Å². The number of benzene rings is 2. The summed E-state index contributed by atoms with van der Waals surface area (Å²) in [5.41, 5.74) is 5.70. The minimum absolute atomic E-state index is 0. The zero-order valence-corrected chi connectivity index (χ0v) is 23.5. The standard InChI is InChI=1S/2C17H19O.Fe/c2*1-3-13(2)12-14-8-10-16(11-9-14)17(18)15-6-4-5-7-15;/h2*4-11,13H,3,12H2,1-2H3;/q-5;-1;. The average molecular weight is 535 g/mol. The van der Waals surface area contributed by atoms with Gasteiger partial charge in [0.15, 0.2) is 0 Å². The van der Waals surface area contributed by atoms with Crippen LogP contribution in [0.4, 0.5) is 0 Å². The van der Waals surface area contributed by atoms with E-state index in [1.165, 1.54) is 24.0 Å². The maximum absolute atomic E-state index is 12.1. The van der Waals surface area contributed by atoms with Crippen molar-refractivity contribution < 1.29 is 26.7 Å². The summed E-state index contributed by atoms with van der Waals surface area (Å²) < 4.78 is 0. The maximum Gasteiger partial charge on any atom is 0.112 e. The minimum atomic E-state index is 0. The molecule has 0 heterocycles. The Balaban J connectivity index is 0.000000253. The Morgan fingerprint density at radius 1 is 0.703 bits per heavy atom. The molecule has 0 aromatic heterocycles. The summed E-state index contributed by atoms with van der Waals surface area (Å²) in [6, 6.07) is 31.0. The molecule has 0 N–H and O–H groups in total. The van der Waals surface area contributed by atoms with Gasteiger partial charge in [-0.15, -0.1) is 12.1 Å². The van der Waals surface area contributed by atoms with Gasteiger partial charge in [-0.3, -0.25) is 0 Å². The fourth-order valence-electron chi connectivity index (χ4n) is 4.06. The van der Waals surface area contributed by atoms with E-state index in [1.807, 2.05) is 72.8 Å². The van der Waals surface area contributed by atoms with Crippen LogP contribution in [0.3, 0.4) is 0 Å². The van der Waals surface area contributed by atoms with Crippen LogP contribution in [-0.4, -0.2) is 11.6 Å². The Kier molecular flexibility index (Phi) is 12.5. The van der Waals surface area contributed by atoms with Gasteiger partial charge >= 0.3 is 0 Å². The van der Waals surface area contributed by atoms with Gasteiger partial charge < -0.3 is 50.8 Å². The first kappa shape index (κ1) is 30.2. The predicted octanol–water partition coefficient (Wildman–Crippen LogP) is 8.45. The first-order valence-corrected chi connectivity index (χ1v) is 13.1. The van der Waals surface area contributed by atoms with Crippen molar-refractivity contribution in [3.05, 3.63) is 130 Å². The zero-order chi connectivity index (χ0) is 25.9. The Hall–Kier alpha value is -3.00. The van der Waals surface area contributed by atoms with Crippen LogP contribution in [0.25, 0.3) is 0 Å². The number of carbonyl (C=O) groups excluding carboxylic acids is 2. The molecule has 0 radical (unpaired) electrons. The molecule has 0 spiro atoms. The van der Waals surface area contributed by atoms with Gasteiger partial charge in [0.2, 0.25) is 0 Å². The summed E-state index contributed by atoms with van der Waals surface area (Å²) >= 11 is 0. The van der Waals surface area contributed by atoms with Crippen LogP contribution in [-0.2, 0) is 29.9 Å². The average Bonchev–Trinajstić information content (AvgIpc) is 3.64. The number of carbonyl (C=O) groups is 2. The molecule has 4 aromatic carbocycles. The minimum Gasteiger partial charge on any atom is -0.644 e. The van der Waals surface area contributed by atoms with E-state index in [2.05, 4.69) is 52.0 Å². The normalized spacial score (nSPS) is 12.0. The van der Waals surface area contributed by atoms with E-state index < -0.39 is 0 Å².